The molecule has 1 aliphatic heterocycles. The Labute approximate surface area is 111 Å². The molecule has 1 saturated carbocycles. The van der Waals surface area contributed by atoms with Gasteiger partial charge in [0.15, 0.2) is 0 Å². The molecule has 18 heavy (non-hydrogen) atoms. The fraction of sp³-hybridized carbons (Fsp3) is 1.00. The summed E-state index contributed by atoms with van der Waals surface area (Å²) >= 11 is 0. The van der Waals surface area contributed by atoms with Gasteiger partial charge in [-0.1, -0.05) is 0 Å². The molecule has 2 fully saturated rings. The monoisotopic (exact) mass is 256 g/mol. The van der Waals surface area contributed by atoms with Gasteiger partial charge in [0.2, 0.25) is 0 Å². The molecule has 0 spiro atoms. The number of methoxy groups -OCH3 is 1. The number of nitrogens with zero attached hydrogens (tertiary/aromatic N) is 1. The number of rotatable bonds is 8. The van der Waals surface area contributed by atoms with E-state index in [0.717, 1.165) is 51.8 Å². The largest absolute Gasteiger partial charge is 0.385 e. The van der Waals surface area contributed by atoms with Crippen LogP contribution >= 0.6 is 0 Å². The van der Waals surface area contributed by atoms with Crippen molar-refractivity contribution in [1.82, 2.24) is 10.2 Å². The molecule has 4 nitrogen and oxygen atoms in total. The molecule has 0 amide bonds. The number of hydrogen-bond donors (Lipinski definition) is 1. The molecule has 1 saturated heterocycles. The van der Waals surface area contributed by atoms with Gasteiger partial charge in [0.05, 0.1) is 6.61 Å². The third kappa shape index (κ3) is 4.19. The summed E-state index contributed by atoms with van der Waals surface area (Å²) in [6.07, 6.45) is 3.81. The summed E-state index contributed by atoms with van der Waals surface area (Å²) in [7, 11) is 1.74. The van der Waals surface area contributed by atoms with E-state index in [9.17, 15) is 0 Å². The van der Waals surface area contributed by atoms with Crippen molar-refractivity contribution in [2.75, 3.05) is 53.1 Å². The minimum atomic E-state index is 0.355. The van der Waals surface area contributed by atoms with Crippen LogP contribution in [0.25, 0.3) is 0 Å². The van der Waals surface area contributed by atoms with E-state index in [1.54, 1.807) is 7.11 Å². The summed E-state index contributed by atoms with van der Waals surface area (Å²) < 4.78 is 10.6. The van der Waals surface area contributed by atoms with Crippen molar-refractivity contribution in [2.45, 2.75) is 31.7 Å². The smallest absolute Gasteiger partial charge is 0.0593 e. The third-order valence-corrected chi connectivity index (χ3v) is 4.18. The number of piperazine rings is 1. The maximum Gasteiger partial charge on any atom is 0.0593 e. The van der Waals surface area contributed by atoms with Gasteiger partial charge < -0.3 is 14.8 Å². The molecule has 0 aromatic rings. The lowest BCUT2D eigenvalue weighted by Gasteiger charge is -2.42. The van der Waals surface area contributed by atoms with E-state index in [2.05, 4.69) is 17.1 Å². The third-order valence-electron chi connectivity index (χ3n) is 4.18. The molecule has 2 rings (SSSR count). The van der Waals surface area contributed by atoms with Gasteiger partial charge in [-0.05, 0) is 32.1 Å². The average Bonchev–Trinajstić information content (AvgIpc) is 3.18. The molecule has 0 bridgehead atoms. The second-order valence-electron chi connectivity index (χ2n) is 5.85. The van der Waals surface area contributed by atoms with Crippen LogP contribution in [0.1, 0.15) is 26.2 Å². The van der Waals surface area contributed by atoms with Crippen molar-refractivity contribution < 1.29 is 9.47 Å². The van der Waals surface area contributed by atoms with Gasteiger partial charge in [-0.2, -0.15) is 0 Å². The molecule has 2 aliphatic rings. The Balaban J connectivity index is 1.58. The first-order chi connectivity index (χ1) is 8.74. The highest BCUT2D eigenvalue weighted by Crippen LogP contribution is 2.40. The minimum Gasteiger partial charge on any atom is -0.385 e. The summed E-state index contributed by atoms with van der Waals surface area (Å²) in [6, 6.07) is 0. The zero-order valence-electron chi connectivity index (χ0n) is 11.9. The first-order valence-corrected chi connectivity index (χ1v) is 7.29. The van der Waals surface area contributed by atoms with Crippen LogP contribution in [-0.2, 0) is 9.47 Å². The highest BCUT2D eigenvalue weighted by molar-refractivity contribution is 5.01. The number of hydrogen-bond acceptors (Lipinski definition) is 4. The molecule has 0 radical (unpaired) electrons. The fourth-order valence-electron chi connectivity index (χ4n) is 2.88. The average molecular weight is 256 g/mol. The van der Waals surface area contributed by atoms with Gasteiger partial charge in [-0.15, -0.1) is 0 Å². The molecule has 1 N–H and O–H groups in total. The SMILES string of the molecule is COCCCOCCN1CCNC(C)(C2CC2)C1. The van der Waals surface area contributed by atoms with Crippen molar-refractivity contribution >= 4 is 0 Å². The van der Waals surface area contributed by atoms with Crippen LogP contribution in [0.5, 0.6) is 0 Å². The standard InChI is InChI=1S/C14H28N2O2/c1-14(13-4-5-13)12-16(7-6-15-14)8-11-18-10-3-9-17-2/h13,15H,3-12H2,1-2H3. The Bertz CT molecular complexity index is 246. The summed E-state index contributed by atoms with van der Waals surface area (Å²) in [5, 5.41) is 3.71. The normalized spacial score (nSPS) is 29.7. The van der Waals surface area contributed by atoms with Crippen LogP contribution in [0, 0.1) is 5.92 Å². The molecule has 1 unspecified atom stereocenters. The van der Waals surface area contributed by atoms with E-state index in [1.807, 2.05) is 0 Å². The molecule has 1 atom stereocenters. The molecular formula is C14H28N2O2. The van der Waals surface area contributed by atoms with Crippen LogP contribution in [0.15, 0.2) is 0 Å². The summed E-state index contributed by atoms with van der Waals surface area (Å²) in [6.45, 7) is 9.38. The molecule has 4 heteroatoms. The van der Waals surface area contributed by atoms with Crippen molar-refractivity contribution in [3.63, 3.8) is 0 Å². The predicted octanol–water partition coefficient (Wildman–Crippen LogP) is 1.11. The van der Waals surface area contributed by atoms with Crippen molar-refractivity contribution in [3.8, 4) is 0 Å². The Hall–Kier alpha value is -0.160. The summed E-state index contributed by atoms with van der Waals surface area (Å²) in [5.74, 6) is 0.905. The molecule has 0 aromatic carbocycles. The Morgan fingerprint density at radius 1 is 1.28 bits per heavy atom. The van der Waals surface area contributed by atoms with E-state index >= 15 is 0 Å². The summed E-state index contributed by atoms with van der Waals surface area (Å²) in [5.41, 5.74) is 0.355. The van der Waals surface area contributed by atoms with Gasteiger partial charge >= 0.3 is 0 Å². The lowest BCUT2D eigenvalue weighted by molar-refractivity contribution is 0.0614. The zero-order valence-corrected chi connectivity index (χ0v) is 11.9. The quantitative estimate of drug-likeness (QED) is 0.660. The van der Waals surface area contributed by atoms with Gasteiger partial charge in [0.25, 0.3) is 0 Å². The Kier molecular flexibility index (Phi) is 5.42. The molecule has 1 heterocycles. The van der Waals surface area contributed by atoms with Gasteiger partial charge in [-0.25, -0.2) is 0 Å². The topological polar surface area (TPSA) is 33.7 Å². The van der Waals surface area contributed by atoms with Crippen molar-refractivity contribution in [1.29, 1.82) is 0 Å². The molecule has 0 aromatic heterocycles. The van der Waals surface area contributed by atoms with Crippen LogP contribution in [-0.4, -0.2) is 63.5 Å². The maximum atomic E-state index is 5.64. The highest BCUT2D eigenvalue weighted by Gasteiger charge is 2.43. The lowest BCUT2D eigenvalue weighted by atomic mass is 9.93. The van der Waals surface area contributed by atoms with Crippen molar-refractivity contribution in [2.24, 2.45) is 5.92 Å². The molecule has 106 valence electrons. The molecular weight excluding hydrogens is 228 g/mol. The van der Waals surface area contributed by atoms with Gasteiger partial charge in [0, 0.05) is 52.0 Å². The Morgan fingerprint density at radius 2 is 2.11 bits per heavy atom. The Morgan fingerprint density at radius 3 is 2.83 bits per heavy atom. The van der Waals surface area contributed by atoms with E-state index in [4.69, 9.17) is 9.47 Å². The second-order valence-corrected chi connectivity index (χ2v) is 5.85. The van der Waals surface area contributed by atoms with E-state index in [1.165, 1.54) is 19.4 Å². The zero-order chi connectivity index (χ0) is 12.8. The van der Waals surface area contributed by atoms with Crippen LogP contribution in [0.3, 0.4) is 0 Å². The van der Waals surface area contributed by atoms with Crippen LogP contribution < -0.4 is 5.32 Å². The van der Waals surface area contributed by atoms with E-state index < -0.39 is 0 Å². The number of ether oxygens (including phenoxy) is 2. The first kappa shape index (κ1) is 14.3. The first-order valence-electron chi connectivity index (χ1n) is 7.29. The fourth-order valence-corrected chi connectivity index (χ4v) is 2.88. The predicted molar refractivity (Wildman–Crippen MR) is 72.9 cm³/mol. The van der Waals surface area contributed by atoms with Crippen molar-refractivity contribution in [3.05, 3.63) is 0 Å². The van der Waals surface area contributed by atoms with Crippen LogP contribution in [0.4, 0.5) is 0 Å². The van der Waals surface area contributed by atoms with Gasteiger partial charge in [-0.3, -0.25) is 4.90 Å². The van der Waals surface area contributed by atoms with Gasteiger partial charge in [0.1, 0.15) is 0 Å². The lowest BCUT2D eigenvalue weighted by Crippen LogP contribution is -2.60. The highest BCUT2D eigenvalue weighted by atomic mass is 16.5. The van der Waals surface area contributed by atoms with Crippen LogP contribution in [0.2, 0.25) is 0 Å². The maximum absolute atomic E-state index is 5.64. The number of nitrogens with one attached hydrogen (secondary N) is 1. The van der Waals surface area contributed by atoms with E-state index in [0.29, 0.717) is 5.54 Å². The second kappa shape index (κ2) is 6.85. The summed E-state index contributed by atoms with van der Waals surface area (Å²) in [4.78, 5) is 2.55. The minimum absolute atomic E-state index is 0.355. The molecule has 1 aliphatic carbocycles. The van der Waals surface area contributed by atoms with E-state index in [-0.39, 0.29) is 0 Å².